The molecule has 0 saturated carbocycles. The van der Waals surface area contributed by atoms with Crippen molar-refractivity contribution in [3.05, 3.63) is 22.7 Å². The summed E-state index contributed by atoms with van der Waals surface area (Å²) in [6.45, 7) is 6.20. The summed E-state index contributed by atoms with van der Waals surface area (Å²) < 4.78 is 38.3. The lowest BCUT2D eigenvalue weighted by Gasteiger charge is -2.28. The van der Waals surface area contributed by atoms with Crippen molar-refractivity contribution < 1.29 is 37.6 Å². The predicted octanol–water partition coefficient (Wildman–Crippen LogP) is 2.48. The van der Waals surface area contributed by atoms with Gasteiger partial charge in [-0.25, -0.2) is 14.3 Å². The molecule has 0 spiro atoms. The Morgan fingerprint density at radius 1 is 1.41 bits per heavy atom. The average Bonchev–Trinajstić information content (AvgIpc) is 3.03. The highest BCUT2D eigenvalue weighted by Crippen LogP contribution is 2.48. The van der Waals surface area contributed by atoms with Crippen LogP contribution in [0, 0.1) is 5.41 Å². The zero-order chi connectivity index (χ0) is 29.8. The van der Waals surface area contributed by atoms with Gasteiger partial charge in [0.05, 0.1) is 19.3 Å². The molecule has 2 heterocycles. The molecule has 0 bridgehead atoms. The minimum Gasteiger partial charge on any atom is -0.462 e. The van der Waals surface area contributed by atoms with Crippen LogP contribution >= 0.6 is 30.0 Å². The Hall–Kier alpha value is -1.16. The maximum Gasteiger partial charge on any atom is 0.351 e. The number of anilines is 1. The molecule has 0 radical (unpaired) electrons. The molecule has 1 aromatic rings. The molecule has 1 aromatic heterocycles. The third-order valence-corrected chi connectivity index (χ3v) is 9.46. The lowest BCUT2D eigenvalue weighted by molar-refractivity contribution is -0.149. The quantitative estimate of drug-likeness (QED) is 0.133. The Morgan fingerprint density at radius 3 is 2.62 bits per heavy atom. The topological polar surface area (TPSA) is 164 Å². The summed E-state index contributed by atoms with van der Waals surface area (Å²) in [5.74, 6) is -0.457. The molecule has 0 unspecified atom stereocenters. The molecule has 0 amide bonds. The maximum absolute atomic E-state index is 15.3. The predicted molar refractivity (Wildman–Crippen MR) is 149 cm³/mol. The Balaban J connectivity index is 2.16. The van der Waals surface area contributed by atoms with Crippen molar-refractivity contribution in [1.82, 2.24) is 14.6 Å². The third kappa shape index (κ3) is 9.44. The number of carbonyl (C=O) groups is 2. The van der Waals surface area contributed by atoms with Gasteiger partial charge in [-0.3, -0.25) is 14.2 Å². The fraction of sp³-hybridized carbons (Fsp3) is 0.727. The van der Waals surface area contributed by atoms with E-state index in [0.29, 0.717) is 0 Å². The number of aliphatic hydroxyl groups is 1. The number of esters is 1. The summed E-state index contributed by atoms with van der Waals surface area (Å²) in [5, 5.41) is 10.4. The highest BCUT2D eigenvalue weighted by molar-refractivity contribution is 8.13. The molecule has 6 atom stereocenters. The summed E-state index contributed by atoms with van der Waals surface area (Å²) in [5.41, 5.74) is 3.99. The molecule has 2 rings (SSSR count). The number of alkyl halides is 2. The van der Waals surface area contributed by atoms with Gasteiger partial charge in [-0.1, -0.05) is 44.1 Å². The molecule has 1 aliphatic rings. The second-order valence-corrected chi connectivity index (χ2v) is 14.9. The van der Waals surface area contributed by atoms with E-state index in [2.05, 4.69) is 10.1 Å². The van der Waals surface area contributed by atoms with Crippen molar-refractivity contribution in [2.24, 2.45) is 5.41 Å². The van der Waals surface area contributed by atoms with E-state index in [-0.39, 0.29) is 29.4 Å². The van der Waals surface area contributed by atoms with Gasteiger partial charge in [0.25, 0.3) is 11.8 Å². The smallest absolute Gasteiger partial charge is 0.351 e. The van der Waals surface area contributed by atoms with Gasteiger partial charge in [0.15, 0.2) is 11.3 Å². The summed E-state index contributed by atoms with van der Waals surface area (Å²) in [6, 6.07) is 0.294. The second-order valence-electron chi connectivity index (χ2n) is 10.0. The Morgan fingerprint density at radius 2 is 2.05 bits per heavy atom. The first kappa shape index (κ1) is 34.0. The number of aliphatic hydroxyl groups excluding tert-OH is 1. The monoisotopic (exact) mass is 632 g/mol. The molecule has 39 heavy (non-hydrogen) atoms. The first-order valence-corrected chi connectivity index (χ1v) is 16.0. The number of ether oxygens (including phenoxy) is 2. The molecule has 222 valence electrons. The van der Waals surface area contributed by atoms with Crippen molar-refractivity contribution in [2.75, 3.05) is 24.7 Å². The van der Waals surface area contributed by atoms with Crippen LogP contribution in [-0.4, -0.2) is 74.2 Å². The van der Waals surface area contributed by atoms with E-state index in [0.717, 1.165) is 22.5 Å². The number of nitrogens with one attached hydrogen (secondary N) is 1. The van der Waals surface area contributed by atoms with Crippen LogP contribution in [0.3, 0.4) is 0 Å². The molecular formula is C22H35ClFN4O8PS2. The van der Waals surface area contributed by atoms with Gasteiger partial charge in [-0.15, -0.1) is 0 Å². The fourth-order valence-electron chi connectivity index (χ4n) is 3.13. The number of aromatic nitrogens is 2. The molecule has 0 aliphatic carbocycles. The van der Waals surface area contributed by atoms with Crippen molar-refractivity contribution in [3.63, 3.8) is 0 Å². The first-order valence-electron chi connectivity index (χ1n) is 12.0. The molecule has 1 fully saturated rings. The first-order chi connectivity index (χ1) is 17.9. The molecule has 1 aliphatic heterocycles. The van der Waals surface area contributed by atoms with Crippen LogP contribution in [0.5, 0.6) is 0 Å². The zero-order valence-electron chi connectivity index (χ0n) is 22.5. The standard InChI is InChI=1S/C22H35ClFN4O8PS2/c1-12(2)35-17(30)13(3)27-37(38,33-9-10-39-19(31)21(4,5)6)34-11-14-16(29)22(23,24)18(36-14)28-8-7-15(25)26-20(28)32/h7-8,12-14,16,18,29H,9-11H2,1-6H3,(H,27,38)(H2,25,26,32)/t13-,14+,16+,18+,22-,37+/m0/s1. The minimum atomic E-state index is -3.50. The number of nitrogens with two attached hydrogens (primary N) is 1. The number of rotatable bonds is 12. The molecule has 1 saturated heterocycles. The van der Waals surface area contributed by atoms with E-state index in [1.165, 1.54) is 13.0 Å². The molecule has 17 heteroatoms. The van der Waals surface area contributed by atoms with E-state index in [1.54, 1.807) is 34.6 Å². The van der Waals surface area contributed by atoms with Gasteiger partial charge < -0.3 is 29.4 Å². The van der Waals surface area contributed by atoms with Crippen molar-refractivity contribution in [2.45, 2.75) is 77.3 Å². The Kier molecular flexibility index (Phi) is 11.9. The second kappa shape index (κ2) is 13.7. The fourth-order valence-corrected chi connectivity index (χ4v) is 6.69. The van der Waals surface area contributed by atoms with Crippen LogP contribution in [0.4, 0.5) is 10.2 Å². The number of nitrogen functional groups attached to an aromatic ring is 1. The minimum absolute atomic E-state index is 0.0194. The maximum atomic E-state index is 15.3. The van der Waals surface area contributed by atoms with Gasteiger partial charge in [0.2, 0.25) is 0 Å². The van der Waals surface area contributed by atoms with E-state index in [4.69, 9.17) is 47.7 Å². The van der Waals surface area contributed by atoms with Gasteiger partial charge in [0.1, 0.15) is 24.1 Å². The van der Waals surface area contributed by atoms with Crippen LogP contribution < -0.4 is 16.5 Å². The average molecular weight is 633 g/mol. The van der Waals surface area contributed by atoms with Crippen molar-refractivity contribution in [3.8, 4) is 0 Å². The summed E-state index contributed by atoms with van der Waals surface area (Å²) >= 11 is 12.6. The highest BCUT2D eigenvalue weighted by Gasteiger charge is 2.58. The van der Waals surface area contributed by atoms with Gasteiger partial charge >= 0.3 is 11.7 Å². The number of carbonyl (C=O) groups excluding carboxylic acids is 2. The van der Waals surface area contributed by atoms with Crippen LogP contribution in [-0.2, 0) is 39.9 Å². The molecule has 12 nitrogen and oxygen atoms in total. The van der Waals surface area contributed by atoms with Gasteiger partial charge in [0, 0.05) is 17.4 Å². The number of nitrogens with zero attached hydrogens (tertiary/aromatic N) is 2. The lowest BCUT2D eigenvalue weighted by Crippen LogP contribution is -2.41. The molecular weight excluding hydrogens is 598 g/mol. The third-order valence-electron chi connectivity index (χ3n) is 5.14. The Labute approximate surface area is 240 Å². The SMILES string of the molecule is CC(C)OC(=O)[C@H](C)N[P@@](=S)(OCCSC(=O)C(C)(C)C)OC[C@H]1O[C@@H](n2ccc(N)nc2=O)[C@](F)(Cl)[C@@H]1O. The van der Waals surface area contributed by atoms with Crippen LogP contribution in [0.1, 0.15) is 47.8 Å². The summed E-state index contributed by atoms with van der Waals surface area (Å²) in [7, 11) is 0. The van der Waals surface area contributed by atoms with E-state index in [9.17, 15) is 19.5 Å². The van der Waals surface area contributed by atoms with E-state index >= 15 is 4.39 Å². The molecule has 4 N–H and O–H groups in total. The lowest BCUT2D eigenvalue weighted by atomic mass is 10.00. The number of hydrogen-bond donors (Lipinski definition) is 3. The van der Waals surface area contributed by atoms with Crippen LogP contribution in [0.25, 0.3) is 0 Å². The molecule has 0 aromatic carbocycles. The van der Waals surface area contributed by atoms with Crippen molar-refractivity contribution >= 4 is 58.7 Å². The number of hydrogen-bond acceptors (Lipinski definition) is 12. The largest absolute Gasteiger partial charge is 0.462 e. The van der Waals surface area contributed by atoms with Crippen LogP contribution in [0.15, 0.2) is 17.1 Å². The zero-order valence-corrected chi connectivity index (χ0v) is 25.7. The summed E-state index contributed by atoms with van der Waals surface area (Å²) in [6.07, 6.45) is -4.33. The van der Waals surface area contributed by atoms with Crippen molar-refractivity contribution in [1.29, 1.82) is 0 Å². The number of halogens is 2. The van der Waals surface area contributed by atoms with E-state index < -0.39 is 59.9 Å². The normalized spacial score (nSPS) is 25.8. The number of thioether (sulfide) groups is 1. The summed E-state index contributed by atoms with van der Waals surface area (Å²) in [4.78, 5) is 40.3. The van der Waals surface area contributed by atoms with Crippen LogP contribution in [0.2, 0.25) is 0 Å². The highest BCUT2D eigenvalue weighted by atomic mass is 35.5. The van der Waals surface area contributed by atoms with Gasteiger partial charge in [-0.05, 0) is 38.6 Å². The van der Waals surface area contributed by atoms with Gasteiger partial charge in [-0.2, -0.15) is 4.98 Å². The van der Waals surface area contributed by atoms with E-state index in [1.807, 2.05) is 0 Å². The Bertz CT molecular complexity index is 1140.